The van der Waals surface area contributed by atoms with Gasteiger partial charge in [0.2, 0.25) is 0 Å². The van der Waals surface area contributed by atoms with Crippen LogP contribution in [-0.2, 0) is 11.2 Å². The largest absolute Gasteiger partial charge is 0.358 e. The minimum absolute atomic E-state index is 0.00310. The summed E-state index contributed by atoms with van der Waals surface area (Å²) < 4.78 is 0. The number of benzene rings is 1. The Hall–Kier alpha value is -1.90. The summed E-state index contributed by atoms with van der Waals surface area (Å²) >= 11 is 0. The lowest BCUT2D eigenvalue weighted by atomic mass is 10.1. The number of aryl methyl sites for hydroxylation is 1. The van der Waals surface area contributed by atoms with Crippen LogP contribution in [0.5, 0.6) is 0 Å². The lowest BCUT2D eigenvalue weighted by Crippen LogP contribution is -2.04. The lowest BCUT2D eigenvalue weighted by Gasteiger charge is -2.02. The summed E-state index contributed by atoms with van der Waals surface area (Å²) in [7, 11) is 0. The van der Waals surface area contributed by atoms with Gasteiger partial charge in [-0.3, -0.25) is 9.59 Å². The molecule has 0 saturated heterocycles. The highest BCUT2D eigenvalue weighted by atomic mass is 16.1. The summed E-state index contributed by atoms with van der Waals surface area (Å²) in [6.07, 6.45) is 0.378. The second kappa shape index (κ2) is 3.93. The molecular weight excluding hydrogens is 202 g/mol. The maximum Gasteiger partial charge on any atom is 0.189 e. The molecule has 3 nitrogen and oxygen atoms in total. The number of carbonyl (C=O) groups is 1. The highest BCUT2D eigenvalue weighted by molar-refractivity contribution is 5.83. The van der Waals surface area contributed by atoms with Crippen LogP contribution in [0, 0.1) is 6.92 Å². The smallest absolute Gasteiger partial charge is 0.189 e. The highest BCUT2D eigenvalue weighted by Crippen LogP contribution is 2.11. The molecule has 0 atom stereocenters. The van der Waals surface area contributed by atoms with Crippen LogP contribution < -0.4 is 5.43 Å². The first-order chi connectivity index (χ1) is 7.56. The number of aromatic nitrogens is 1. The zero-order valence-corrected chi connectivity index (χ0v) is 9.33. The Morgan fingerprint density at radius 2 is 2.06 bits per heavy atom. The van der Waals surface area contributed by atoms with E-state index in [-0.39, 0.29) is 11.2 Å². The van der Waals surface area contributed by atoms with E-state index in [1.165, 1.54) is 0 Å². The van der Waals surface area contributed by atoms with Gasteiger partial charge in [0.1, 0.15) is 5.78 Å². The Morgan fingerprint density at radius 1 is 1.31 bits per heavy atom. The first-order valence-corrected chi connectivity index (χ1v) is 5.18. The molecule has 0 spiro atoms. The fraction of sp³-hybridized carbons (Fsp3) is 0.231. The van der Waals surface area contributed by atoms with Crippen LogP contribution in [-0.4, -0.2) is 10.8 Å². The average Bonchev–Trinajstić information content (AvgIpc) is 2.18. The summed E-state index contributed by atoms with van der Waals surface area (Å²) in [5.74, 6) is 0.0999. The SMILES string of the molecule is CC(=O)Cc1ccc2[nH]c(C)cc(=O)c2c1. The van der Waals surface area contributed by atoms with E-state index in [9.17, 15) is 9.59 Å². The molecule has 0 amide bonds. The van der Waals surface area contributed by atoms with Gasteiger partial charge >= 0.3 is 0 Å². The molecule has 1 N–H and O–H groups in total. The number of ketones is 1. The predicted octanol–water partition coefficient (Wildman–Crippen LogP) is 1.97. The van der Waals surface area contributed by atoms with Crippen molar-refractivity contribution in [1.29, 1.82) is 0 Å². The molecular formula is C13H13NO2. The van der Waals surface area contributed by atoms with E-state index < -0.39 is 0 Å². The summed E-state index contributed by atoms with van der Waals surface area (Å²) in [5.41, 5.74) is 2.54. The molecule has 1 aromatic heterocycles. The molecule has 0 aliphatic carbocycles. The number of nitrogens with one attached hydrogen (secondary N) is 1. The second-order valence-electron chi connectivity index (χ2n) is 4.08. The van der Waals surface area contributed by atoms with Gasteiger partial charge in [0.15, 0.2) is 5.43 Å². The third kappa shape index (κ3) is 2.03. The molecule has 0 saturated carbocycles. The van der Waals surface area contributed by atoms with Gasteiger partial charge in [-0.25, -0.2) is 0 Å². The number of hydrogen-bond acceptors (Lipinski definition) is 2. The monoisotopic (exact) mass is 215 g/mol. The Kier molecular flexibility index (Phi) is 2.60. The molecule has 82 valence electrons. The van der Waals surface area contributed by atoms with E-state index in [1.54, 1.807) is 19.1 Å². The third-order valence-corrected chi connectivity index (χ3v) is 2.48. The number of rotatable bonds is 2. The van der Waals surface area contributed by atoms with Crippen LogP contribution >= 0.6 is 0 Å². The van der Waals surface area contributed by atoms with Crippen molar-refractivity contribution in [2.75, 3.05) is 0 Å². The molecule has 1 heterocycles. The quantitative estimate of drug-likeness (QED) is 0.832. The van der Waals surface area contributed by atoms with Gasteiger partial charge in [-0.15, -0.1) is 0 Å². The Bertz CT molecular complexity index is 611. The van der Waals surface area contributed by atoms with Gasteiger partial charge in [0.05, 0.1) is 0 Å². The lowest BCUT2D eigenvalue weighted by molar-refractivity contribution is -0.116. The minimum atomic E-state index is -0.00310. The zero-order valence-electron chi connectivity index (χ0n) is 9.33. The standard InChI is InChI=1S/C13H13NO2/c1-8-5-13(16)11-7-10(6-9(2)15)3-4-12(11)14-8/h3-5,7H,6H2,1-2H3,(H,14,16). The van der Waals surface area contributed by atoms with Crippen LogP contribution in [0.1, 0.15) is 18.2 Å². The molecule has 16 heavy (non-hydrogen) atoms. The van der Waals surface area contributed by atoms with Gasteiger partial charge in [-0.1, -0.05) is 6.07 Å². The highest BCUT2D eigenvalue weighted by Gasteiger charge is 2.03. The number of fused-ring (bicyclic) bond motifs is 1. The van der Waals surface area contributed by atoms with Crippen molar-refractivity contribution in [3.63, 3.8) is 0 Å². The van der Waals surface area contributed by atoms with E-state index in [0.29, 0.717) is 11.8 Å². The van der Waals surface area contributed by atoms with Gasteiger partial charge in [0.25, 0.3) is 0 Å². The maximum atomic E-state index is 11.7. The number of pyridine rings is 1. The normalized spacial score (nSPS) is 10.6. The number of H-pyrrole nitrogens is 1. The third-order valence-electron chi connectivity index (χ3n) is 2.48. The summed E-state index contributed by atoms with van der Waals surface area (Å²) in [6, 6.07) is 7.08. The fourth-order valence-electron chi connectivity index (χ4n) is 1.82. The molecule has 1 aromatic carbocycles. The summed E-state index contributed by atoms with van der Waals surface area (Å²) in [4.78, 5) is 25.9. The average molecular weight is 215 g/mol. The van der Waals surface area contributed by atoms with Gasteiger partial charge in [0, 0.05) is 29.1 Å². The topological polar surface area (TPSA) is 49.9 Å². The summed E-state index contributed by atoms with van der Waals surface area (Å²) in [5, 5.41) is 0.643. The van der Waals surface area contributed by atoms with Crippen molar-refractivity contribution in [3.05, 3.63) is 45.7 Å². The van der Waals surface area contributed by atoms with Crippen molar-refractivity contribution in [3.8, 4) is 0 Å². The predicted molar refractivity (Wildman–Crippen MR) is 63.7 cm³/mol. The molecule has 0 fully saturated rings. The number of carbonyl (C=O) groups excluding carboxylic acids is 1. The Balaban J connectivity index is 2.62. The van der Waals surface area contributed by atoms with E-state index in [0.717, 1.165) is 16.8 Å². The van der Waals surface area contributed by atoms with Crippen molar-refractivity contribution in [1.82, 2.24) is 4.98 Å². The molecule has 2 rings (SSSR count). The van der Waals surface area contributed by atoms with Crippen molar-refractivity contribution in [2.24, 2.45) is 0 Å². The first-order valence-electron chi connectivity index (χ1n) is 5.18. The molecule has 0 aliphatic rings. The van der Waals surface area contributed by atoms with Crippen molar-refractivity contribution < 1.29 is 4.79 Å². The number of aromatic amines is 1. The first kappa shape index (κ1) is 10.6. The Labute approximate surface area is 93.1 Å². The van der Waals surface area contributed by atoms with Crippen LogP contribution in [0.4, 0.5) is 0 Å². The van der Waals surface area contributed by atoms with Gasteiger partial charge in [-0.05, 0) is 31.5 Å². The maximum absolute atomic E-state index is 11.7. The molecule has 2 aromatic rings. The molecule has 0 unspecified atom stereocenters. The second-order valence-corrected chi connectivity index (χ2v) is 4.08. The van der Waals surface area contributed by atoms with Crippen LogP contribution in [0.25, 0.3) is 10.9 Å². The van der Waals surface area contributed by atoms with E-state index in [2.05, 4.69) is 4.98 Å². The zero-order chi connectivity index (χ0) is 11.7. The fourth-order valence-corrected chi connectivity index (χ4v) is 1.82. The van der Waals surface area contributed by atoms with Crippen molar-refractivity contribution in [2.45, 2.75) is 20.3 Å². The van der Waals surface area contributed by atoms with Crippen LogP contribution in [0.2, 0.25) is 0 Å². The molecule has 0 bridgehead atoms. The van der Waals surface area contributed by atoms with Crippen LogP contribution in [0.15, 0.2) is 29.1 Å². The molecule has 3 heteroatoms. The Morgan fingerprint density at radius 3 is 2.75 bits per heavy atom. The number of Topliss-reactive ketones (excluding diaryl/α,β-unsaturated/α-hetero) is 1. The van der Waals surface area contributed by atoms with E-state index in [1.807, 2.05) is 19.1 Å². The van der Waals surface area contributed by atoms with E-state index in [4.69, 9.17) is 0 Å². The van der Waals surface area contributed by atoms with Crippen LogP contribution in [0.3, 0.4) is 0 Å². The minimum Gasteiger partial charge on any atom is -0.358 e. The van der Waals surface area contributed by atoms with Gasteiger partial charge < -0.3 is 4.98 Å². The summed E-state index contributed by atoms with van der Waals surface area (Å²) in [6.45, 7) is 3.40. The van der Waals surface area contributed by atoms with Crippen molar-refractivity contribution >= 4 is 16.7 Å². The molecule has 0 aliphatic heterocycles. The number of hydrogen-bond donors (Lipinski definition) is 1. The van der Waals surface area contributed by atoms with E-state index >= 15 is 0 Å². The van der Waals surface area contributed by atoms with Gasteiger partial charge in [-0.2, -0.15) is 0 Å². The molecule has 0 radical (unpaired) electrons.